The largest absolute Gasteiger partial charge is 0.374 e. The van der Waals surface area contributed by atoms with Crippen molar-refractivity contribution in [2.75, 3.05) is 25.0 Å². The van der Waals surface area contributed by atoms with Gasteiger partial charge >= 0.3 is 0 Å². The zero-order valence-corrected chi connectivity index (χ0v) is 17.1. The monoisotopic (exact) mass is 429 g/mol. The summed E-state index contributed by atoms with van der Waals surface area (Å²) in [7, 11) is -3.45. The number of piperidine rings is 1. The van der Waals surface area contributed by atoms with Crippen molar-refractivity contribution >= 4 is 56.0 Å². The first-order valence-corrected chi connectivity index (χ1v) is 11.0. The number of hydrogen-bond acceptors (Lipinski definition) is 7. The molecule has 0 aliphatic carbocycles. The molecule has 1 aliphatic rings. The minimum absolute atomic E-state index is 0.0503. The third-order valence-corrected chi connectivity index (χ3v) is 6.42. The molecule has 0 saturated carbocycles. The molecule has 0 atom stereocenters. The quantitative estimate of drug-likeness (QED) is 0.728. The van der Waals surface area contributed by atoms with Gasteiger partial charge in [0, 0.05) is 24.5 Å². The fourth-order valence-electron chi connectivity index (χ4n) is 3.05. The summed E-state index contributed by atoms with van der Waals surface area (Å²) in [6, 6.07) is 1.62. The third-order valence-electron chi connectivity index (χ3n) is 4.50. The van der Waals surface area contributed by atoms with Crippen LogP contribution < -0.4 is 10.0 Å². The Balaban J connectivity index is 1.58. The molecule has 1 saturated heterocycles. The fraction of sp³-hybridized carbons (Fsp3) is 0.438. The molecule has 2 aromatic rings. The first-order valence-electron chi connectivity index (χ1n) is 8.38. The van der Waals surface area contributed by atoms with Crippen LogP contribution in [-0.2, 0) is 14.8 Å². The van der Waals surface area contributed by atoms with Crippen LogP contribution in [0.25, 0.3) is 11.0 Å². The summed E-state index contributed by atoms with van der Waals surface area (Å²) >= 11 is 7.25. The van der Waals surface area contributed by atoms with Crippen LogP contribution in [0.4, 0.5) is 5.69 Å². The van der Waals surface area contributed by atoms with E-state index >= 15 is 0 Å². The molecule has 2 heterocycles. The van der Waals surface area contributed by atoms with Crippen molar-refractivity contribution in [3.05, 3.63) is 28.6 Å². The minimum Gasteiger partial charge on any atom is -0.374 e. The van der Waals surface area contributed by atoms with Gasteiger partial charge < -0.3 is 10.2 Å². The fourth-order valence-corrected chi connectivity index (χ4v) is 4.76. The first-order chi connectivity index (χ1) is 12.8. The predicted octanol–water partition coefficient (Wildman–Crippen LogP) is 2.12. The van der Waals surface area contributed by atoms with Crippen molar-refractivity contribution in [3.63, 3.8) is 0 Å². The molecule has 11 heteroatoms. The molecule has 8 nitrogen and oxygen atoms in total. The van der Waals surface area contributed by atoms with Crippen LogP contribution >= 0.6 is 23.3 Å². The molecular formula is C16H20ClN5O3S2. The minimum atomic E-state index is -3.45. The average Bonchev–Trinajstić information content (AvgIpc) is 3.12. The zero-order chi connectivity index (χ0) is 19.6. The Morgan fingerprint density at radius 3 is 2.74 bits per heavy atom. The van der Waals surface area contributed by atoms with Crippen molar-refractivity contribution in [2.45, 2.75) is 25.8 Å². The molecule has 0 bridgehead atoms. The standard InChI is InChI=1S/C16H20ClN5O3S2/c1-3-27(24,25)21-11-4-6-22(7-5-11)13(23)9-18-14-10(2)8-12(17)15-16(14)20-26-19-15/h3,8,11,18,21H,1,4-7,9H2,2H3. The van der Waals surface area contributed by atoms with Gasteiger partial charge in [0.15, 0.2) is 0 Å². The number of nitrogens with zero attached hydrogens (tertiary/aromatic N) is 3. The highest BCUT2D eigenvalue weighted by Crippen LogP contribution is 2.31. The molecule has 1 aromatic carbocycles. The molecule has 0 radical (unpaired) electrons. The number of fused-ring (bicyclic) bond motifs is 1. The number of nitrogens with one attached hydrogen (secondary N) is 2. The summed E-state index contributed by atoms with van der Waals surface area (Å²) in [6.07, 6.45) is 1.14. The van der Waals surface area contributed by atoms with E-state index in [0.717, 1.165) is 28.4 Å². The van der Waals surface area contributed by atoms with Crippen LogP contribution in [0, 0.1) is 6.92 Å². The average molecular weight is 430 g/mol. The van der Waals surface area contributed by atoms with Crippen LogP contribution in [0.3, 0.4) is 0 Å². The number of carbonyl (C=O) groups is 1. The Hall–Kier alpha value is -1.75. The van der Waals surface area contributed by atoms with Gasteiger partial charge in [-0.25, -0.2) is 13.1 Å². The lowest BCUT2D eigenvalue weighted by Gasteiger charge is -2.32. The second-order valence-corrected chi connectivity index (χ2v) is 8.94. The van der Waals surface area contributed by atoms with Gasteiger partial charge in [0.2, 0.25) is 15.9 Å². The number of amides is 1. The number of anilines is 1. The lowest BCUT2D eigenvalue weighted by molar-refractivity contribution is -0.130. The Morgan fingerprint density at radius 1 is 1.41 bits per heavy atom. The molecule has 1 aliphatic heterocycles. The van der Waals surface area contributed by atoms with Gasteiger partial charge in [0.05, 0.1) is 29.0 Å². The number of likely N-dealkylation sites (tertiary alicyclic amines) is 1. The molecule has 0 spiro atoms. The number of aryl methyl sites for hydroxylation is 1. The van der Waals surface area contributed by atoms with Gasteiger partial charge in [0.1, 0.15) is 11.0 Å². The number of sulfonamides is 1. The van der Waals surface area contributed by atoms with E-state index in [1.807, 2.05) is 6.92 Å². The van der Waals surface area contributed by atoms with Crippen molar-refractivity contribution in [1.82, 2.24) is 18.4 Å². The lowest BCUT2D eigenvalue weighted by Crippen LogP contribution is -2.47. The number of benzene rings is 1. The Bertz CT molecular complexity index is 968. The van der Waals surface area contributed by atoms with Crippen LogP contribution in [0.1, 0.15) is 18.4 Å². The highest BCUT2D eigenvalue weighted by atomic mass is 35.5. The van der Waals surface area contributed by atoms with E-state index in [4.69, 9.17) is 11.6 Å². The van der Waals surface area contributed by atoms with Gasteiger partial charge in [-0.15, -0.1) is 0 Å². The Kier molecular flexibility index (Phi) is 5.99. The van der Waals surface area contributed by atoms with E-state index in [9.17, 15) is 13.2 Å². The number of aromatic nitrogens is 2. The maximum Gasteiger partial charge on any atom is 0.241 e. The summed E-state index contributed by atoms with van der Waals surface area (Å²) in [5.74, 6) is -0.0503. The second-order valence-electron chi connectivity index (χ2n) is 6.35. The molecule has 1 fully saturated rings. The van der Waals surface area contributed by atoms with Gasteiger partial charge in [-0.3, -0.25) is 4.79 Å². The molecule has 0 unspecified atom stereocenters. The molecule has 3 rings (SSSR count). The number of halogens is 1. The van der Waals surface area contributed by atoms with E-state index < -0.39 is 10.0 Å². The lowest BCUT2D eigenvalue weighted by atomic mass is 10.1. The molecule has 1 aromatic heterocycles. The topological polar surface area (TPSA) is 104 Å². The van der Waals surface area contributed by atoms with Crippen molar-refractivity contribution in [2.24, 2.45) is 0 Å². The van der Waals surface area contributed by atoms with Crippen molar-refractivity contribution in [1.29, 1.82) is 0 Å². The van der Waals surface area contributed by atoms with Gasteiger partial charge in [-0.05, 0) is 31.4 Å². The number of rotatable bonds is 6. The Labute approximate surface area is 167 Å². The summed E-state index contributed by atoms with van der Waals surface area (Å²) in [5.41, 5.74) is 2.93. The van der Waals surface area contributed by atoms with Crippen LogP contribution in [-0.4, -0.2) is 53.6 Å². The van der Waals surface area contributed by atoms with Gasteiger partial charge in [0.25, 0.3) is 0 Å². The first kappa shape index (κ1) is 20.0. The van der Waals surface area contributed by atoms with Crippen molar-refractivity contribution in [3.8, 4) is 0 Å². The molecule has 146 valence electrons. The highest BCUT2D eigenvalue weighted by Gasteiger charge is 2.25. The molecule has 2 N–H and O–H groups in total. The number of hydrogen-bond donors (Lipinski definition) is 2. The summed E-state index contributed by atoms with van der Waals surface area (Å²) in [4.78, 5) is 14.3. The van der Waals surface area contributed by atoms with Gasteiger partial charge in [-0.1, -0.05) is 18.2 Å². The van der Waals surface area contributed by atoms with E-state index in [0.29, 0.717) is 42.0 Å². The predicted molar refractivity (Wildman–Crippen MR) is 108 cm³/mol. The van der Waals surface area contributed by atoms with Crippen LogP contribution in [0.15, 0.2) is 18.1 Å². The third kappa shape index (κ3) is 4.57. The van der Waals surface area contributed by atoms with E-state index in [-0.39, 0.29) is 18.5 Å². The molecular weight excluding hydrogens is 410 g/mol. The Morgan fingerprint density at radius 2 is 2.07 bits per heavy atom. The van der Waals surface area contributed by atoms with Crippen molar-refractivity contribution < 1.29 is 13.2 Å². The van der Waals surface area contributed by atoms with Crippen LogP contribution in [0.2, 0.25) is 5.02 Å². The summed E-state index contributed by atoms with van der Waals surface area (Å²) < 4.78 is 34.1. The van der Waals surface area contributed by atoms with Gasteiger partial charge in [-0.2, -0.15) is 8.75 Å². The summed E-state index contributed by atoms with van der Waals surface area (Å²) in [6.45, 7) is 6.30. The van der Waals surface area contributed by atoms with E-state index in [1.165, 1.54) is 0 Å². The maximum atomic E-state index is 12.5. The summed E-state index contributed by atoms with van der Waals surface area (Å²) in [5, 5.41) is 4.59. The highest BCUT2D eigenvalue weighted by molar-refractivity contribution is 7.92. The van der Waals surface area contributed by atoms with Crippen LogP contribution in [0.5, 0.6) is 0 Å². The smallest absolute Gasteiger partial charge is 0.241 e. The normalized spacial score (nSPS) is 15.9. The van der Waals surface area contributed by atoms with E-state index in [1.54, 1.807) is 11.0 Å². The maximum absolute atomic E-state index is 12.5. The molecule has 27 heavy (non-hydrogen) atoms. The SMILES string of the molecule is C=CS(=O)(=O)NC1CCN(C(=O)CNc2c(C)cc(Cl)c3nsnc23)CC1. The van der Waals surface area contributed by atoms with E-state index in [2.05, 4.69) is 25.4 Å². The molecule has 1 amide bonds. The second kappa shape index (κ2) is 8.09. The number of carbonyl (C=O) groups excluding carboxylic acids is 1. The zero-order valence-electron chi connectivity index (χ0n) is 14.7.